The summed E-state index contributed by atoms with van der Waals surface area (Å²) in [4.78, 5) is 55.5. The Morgan fingerprint density at radius 2 is 1.53 bits per heavy atom. The zero-order valence-corrected chi connectivity index (χ0v) is 20.4. The Balaban J connectivity index is 2.24. The van der Waals surface area contributed by atoms with E-state index in [2.05, 4.69) is 20.9 Å². The van der Waals surface area contributed by atoms with E-state index in [1.54, 1.807) is 39.0 Å². The summed E-state index contributed by atoms with van der Waals surface area (Å²) in [5.41, 5.74) is 0.374. The molecule has 182 valence electrons. The van der Waals surface area contributed by atoms with E-state index < -0.39 is 41.1 Å². The van der Waals surface area contributed by atoms with Crippen molar-refractivity contribution in [1.29, 1.82) is 0 Å². The van der Waals surface area contributed by atoms with Crippen LogP contribution in [0.4, 0.5) is 0 Å². The number of carbonyl (C=O) groups excluding carboxylic acids is 4. The average Bonchev–Trinajstić information content (AvgIpc) is 2.77. The molecular formula is C26H34N4O4. The molecule has 0 saturated heterocycles. The first-order valence-electron chi connectivity index (χ1n) is 11.4. The van der Waals surface area contributed by atoms with E-state index in [1.165, 1.54) is 6.20 Å². The quantitative estimate of drug-likeness (QED) is 0.465. The van der Waals surface area contributed by atoms with E-state index in [0.717, 1.165) is 5.56 Å². The molecule has 8 nitrogen and oxygen atoms in total. The van der Waals surface area contributed by atoms with E-state index in [1.807, 2.05) is 44.2 Å². The number of nitrogens with one attached hydrogen (secondary N) is 3. The highest BCUT2D eigenvalue weighted by molar-refractivity contribution is 6.38. The monoisotopic (exact) mass is 466 g/mol. The van der Waals surface area contributed by atoms with Crippen molar-refractivity contribution in [2.24, 2.45) is 5.92 Å². The number of nitrogens with zero attached hydrogens (tertiary/aromatic N) is 1. The van der Waals surface area contributed by atoms with Gasteiger partial charge in [0, 0.05) is 18.2 Å². The summed E-state index contributed by atoms with van der Waals surface area (Å²) in [5.74, 6) is -2.45. The van der Waals surface area contributed by atoms with Crippen molar-refractivity contribution < 1.29 is 19.2 Å². The van der Waals surface area contributed by atoms with Gasteiger partial charge >= 0.3 is 0 Å². The van der Waals surface area contributed by atoms with Crippen molar-refractivity contribution in [3.05, 3.63) is 66.0 Å². The van der Waals surface area contributed by atoms with Crippen LogP contribution in [-0.2, 0) is 20.8 Å². The van der Waals surface area contributed by atoms with Gasteiger partial charge in [0.2, 0.25) is 11.7 Å². The molecule has 3 amide bonds. The first-order valence-corrected chi connectivity index (χ1v) is 11.4. The molecule has 1 heterocycles. The fraction of sp³-hybridized carbons (Fsp3) is 0.423. The lowest BCUT2D eigenvalue weighted by Gasteiger charge is -2.25. The number of Topliss-reactive ketones (excluding diaryl/α,β-unsaturated/α-hetero) is 1. The van der Waals surface area contributed by atoms with Crippen LogP contribution in [-0.4, -0.2) is 46.1 Å². The second-order valence-electron chi connectivity index (χ2n) is 9.69. The molecule has 8 heteroatoms. The Bertz CT molecular complexity index is 985. The molecule has 1 unspecified atom stereocenters. The SMILES string of the molecule is CC(C)C[C@H](NC(=O)c1ccccn1)C(=O)NC(Cc1ccccc1)C(=O)C(=O)NC(C)(C)C. The topological polar surface area (TPSA) is 117 Å². The number of pyridine rings is 1. The number of amides is 3. The van der Waals surface area contributed by atoms with Gasteiger partial charge in [-0.05, 0) is 50.8 Å². The van der Waals surface area contributed by atoms with Crippen molar-refractivity contribution in [3.63, 3.8) is 0 Å². The Morgan fingerprint density at radius 1 is 0.882 bits per heavy atom. The van der Waals surface area contributed by atoms with Gasteiger partial charge < -0.3 is 16.0 Å². The largest absolute Gasteiger partial charge is 0.345 e. The molecule has 0 aliphatic rings. The molecule has 0 aliphatic carbocycles. The summed E-state index contributed by atoms with van der Waals surface area (Å²) in [6, 6.07) is 12.1. The molecule has 0 fully saturated rings. The third kappa shape index (κ3) is 8.77. The first-order chi connectivity index (χ1) is 16.0. The van der Waals surface area contributed by atoms with Crippen LogP contribution >= 0.6 is 0 Å². The van der Waals surface area contributed by atoms with Gasteiger partial charge in [-0.2, -0.15) is 0 Å². The van der Waals surface area contributed by atoms with Gasteiger partial charge in [0.05, 0.1) is 0 Å². The van der Waals surface area contributed by atoms with Gasteiger partial charge in [0.1, 0.15) is 17.8 Å². The van der Waals surface area contributed by atoms with Crippen LogP contribution in [0.25, 0.3) is 0 Å². The zero-order valence-electron chi connectivity index (χ0n) is 20.4. The number of ketones is 1. The van der Waals surface area contributed by atoms with E-state index in [0.29, 0.717) is 6.42 Å². The summed E-state index contributed by atoms with van der Waals surface area (Å²) >= 11 is 0. The van der Waals surface area contributed by atoms with Crippen LogP contribution in [0.1, 0.15) is 57.1 Å². The minimum atomic E-state index is -1.08. The van der Waals surface area contributed by atoms with Gasteiger partial charge in [0.15, 0.2) is 0 Å². The average molecular weight is 467 g/mol. The maximum Gasteiger partial charge on any atom is 0.290 e. The lowest BCUT2D eigenvalue weighted by atomic mass is 9.98. The fourth-order valence-corrected chi connectivity index (χ4v) is 3.32. The number of aromatic nitrogens is 1. The normalized spacial score (nSPS) is 13.0. The highest BCUT2D eigenvalue weighted by Crippen LogP contribution is 2.10. The van der Waals surface area contributed by atoms with Crippen molar-refractivity contribution in [1.82, 2.24) is 20.9 Å². The van der Waals surface area contributed by atoms with E-state index in [4.69, 9.17) is 0 Å². The summed E-state index contributed by atoms with van der Waals surface area (Å²) in [6.45, 7) is 9.17. The maximum absolute atomic E-state index is 13.2. The smallest absolute Gasteiger partial charge is 0.290 e. The van der Waals surface area contributed by atoms with Crippen molar-refractivity contribution in [2.45, 2.75) is 65.1 Å². The van der Waals surface area contributed by atoms with Crippen molar-refractivity contribution in [2.75, 3.05) is 0 Å². The van der Waals surface area contributed by atoms with Crippen LogP contribution in [0.3, 0.4) is 0 Å². The molecule has 34 heavy (non-hydrogen) atoms. The maximum atomic E-state index is 13.2. The Labute approximate surface area is 200 Å². The highest BCUT2D eigenvalue weighted by atomic mass is 16.2. The molecule has 2 aromatic rings. The minimum Gasteiger partial charge on any atom is -0.345 e. The molecule has 0 spiro atoms. The minimum absolute atomic E-state index is 0.0900. The number of rotatable bonds is 10. The molecule has 0 saturated carbocycles. The van der Waals surface area contributed by atoms with Gasteiger partial charge in [-0.1, -0.05) is 50.2 Å². The Hall–Kier alpha value is -3.55. The summed E-state index contributed by atoms with van der Waals surface area (Å²) < 4.78 is 0. The molecule has 1 aromatic heterocycles. The van der Waals surface area contributed by atoms with Gasteiger partial charge in [-0.25, -0.2) is 0 Å². The van der Waals surface area contributed by atoms with Gasteiger partial charge in [0.25, 0.3) is 11.8 Å². The van der Waals surface area contributed by atoms with E-state index in [-0.39, 0.29) is 18.0 Å². The van der Waals surface area contributed by atoms with E-state index in [9.17, 15) is 19.2 Å². The number of carbonyl (C=O) groups is 4. The molecule has 0 radical (unpaired) electrons. The Morgan fingerprint density at radius 3 is 2.09 bits per heavy atom. The lowest BCUT2D eigenvalue weighted by Crippen LogP contribution is -2.56. The fourth-order valence-electron chi connectivity index (χ4n) is 3.32. The second kappa shape index (κ2) is 12.1. The number of benzene rings is 1. The predicted octanol–water partition coefficient (Wildman–Crippen LogP) is 2.44. The summed E-state index contributed by atoms with van der Waals surface area (Å²) in [6.07, 6.45) is 1.99. The van der Waals surface area contributed by atoms with Crippen LogP contribution in [0.2, 0.25) is 0 Å². The summed E-state index contributed by atoms with van der Waals surface area (Å²) in [7, 11) is 0. The van der Waals surface area contributed by atoms with Crippen molar-refractivity contribution >= 4 is 23.5 Å². The molecule has 3 N–H and O–H groups in total. The predicted molar refractivity (Wildman–Crippen MR) is 130 cm³/mol. The second-order valence-corrected chi connectivity index (χ2v) is 9.69. The van der Waals surface area contributed by atoms with Crippen LogP contribution in [0, 0.1) is 5.92 Å². The van der Waals surface area contributed by atoms with Gasteiger partial charge in [-0.15, -0.1) is 0 Å². The lowest BCUT2D eigenvalue weighted by molar-refractivity contribution is -0.141. The molecular weight excluding hydrogens is 432 g/mol. The van der Waals surface area contributed by atoms with Crippen LogP contribution in [0.5, 0.6) is 0 Å². The molecule has 0 aliphatic heterocycles. The number of hydrogen-bond donors (Lipinski definition) is 3. The molecule has 0 bridgehead atoms. The molecule has 1 aromatic carbocycles. The Kier molecular flexibility index (Phi) is 9.47. The number of hydrogen-bond acceptors (Lipinski definition) is 5. The van der Waals surface area contributed by atoms with Crippen molar-refractivity contribution in [3.8, 4) is 0 Å². The van der Waals surface area contributed by atoms with Gasteiger partial charge in [-0.3, -0.25) is 24.2 Å². The zero-order chi connectivity index (χ0) is 25.3. The highest BCUT2D eigenvalue weighted by Gasteiger charge is 2.32. The first kappa shape index (κ1) is 26.7. The molecule has 2 rings (SSSR count). The van der Waals surface area contributed by atoms with Crippen LogP contribution < -0.4 is 16.0 Å². The van der Waals surface area contributed by atoms with E-state index >= 15 is 0 Å². The third-order valence-corrected chi connectivity index (χ3v) is 4.85. The van der Waals surface area contributed by atoms with Crippen LogP contribution in [0.15, 0.2) is 54.7 Å². The molecule has 2 atom stereocenters. The standard InChI is InChI=1S/C26H34N4O4/c1-17(2)15-21(29-23(32)19-13-9-10-14-27-19)24(33)28-20(16-18-11-7-6-8-12-18)22(31)25(34)30-26(3,4)5/h6-14,17,20-21H,15-16H2,1-5H3,(H,28,33)(H,29,32)(H,30,34)/t20?,21-/m0/s1. The summed E-state index contributed by atoms with van der Waals surface area (Å²) in [5, 5.41) is 8.08. The third-order valence-electron chi connectivity index (χ3n) is 4.85.